The van der Waals surface area contributed by atoms with Gasteiger partial charge >= 0.3 is 0 Å². The monoisotopic (exact) mass is 367 g/mol. The Morgan fingerprint density at radius 3 is 2.81 bits per heavy atom. The molecule has 0 aliphatic carbocycles. The molecule has 0 aliphatic heterocycles. The van der Waals surface area contributed by atoms with Crippen molar-refractivity contribution in [3.8, 4) is 5.69 Å². The lowest BCUT2D eigenvalue weighted by molar-refractivity contribution is 0.158. The molecule has 1 unspecified atom stereocenters. The first-order valence-electron chi connectivity index (χ1n) is 8.97. The van der Waals surface area contributed by atoms with Gasteiger partial charge in [-0.05, 0) is 31.2 Å². The molecule has 1 atom stereocenters. The van der Waals surface area contributed by atoms with Crippen molar-refractivity contribution < 1.29 is 9.52 Å². The maximum absolute atomic E-state index is 10.2. The van der Waals surface area contributed by atoms with Gasteiger partial charge < -0.3 is 19.7 Å². The molecule has 0 spiro atoms. The quantitative estimate of drug-likeness (QED) is 0.496. The van der Waals surface area contributed by atoms with Crippen molar-refractivity contribution in [2.45, 2.75) is 19.6 Å². The molecule has 2 heterocycles. The number of furan rings is 1. The maximum atomic E-state index is 10.2. The molecule has 0 aliphatic rings. The fourth-order valence-electron chi connectivity index (χ4n) is 2.73. The highest BCUT2D eigenvalue weighted by Crippen LogP contribution is 2.14. The van der Waals surface area contributed by atoms with Crippen molar-refractivity contribution in [3.63, 3.8) is 0 Å². The third-order valence-electron chi connectivity index (χ3n) is 4.06. The van der Waals surface area contributed by atoms with Crippen LogP contribution in [0.4, 0.5) is 0 Å². The molecule has 27 heavy (non-hydrogen) atoms. The molecule has 3 rings (SSSR count). The second-order valence-electron chi connectivity index (χ2n) is 6.21. The zero-order valence-corrected chi connectivity index (χ0v) is 15.6. The molecular weight excluding hydrogens is 342 g/mol. The van der Waals surface area contributed by atoms with Crippen LogP contribution in [-0.2, 0) is 6.54 Å². The van der Waals surface area contributed by atoms with Gasteiger partial charge in [0.15, 0.2) is 5.96 Å². The molecule has 142 valence electrons. The van der Waals surface area contributed by atoms with E-state index < -0.39 is 6.10 Å². The smallest absolute Gasteiger partial charge is 0.194 e. The third kappa shape index (κ3) is 4.98. The van der Waals surface area contributed by atoms with E-state index >= 15 is 0 Å². The molecule has 0 bridgehead atoms. The first kappa shape index (κ1) is 18.7. The number of rotatable bonds is 7. The number of hydrogen-bond donors (Lipinski definition) is 2. The number of aromatic nitrogens is 2. The Hall–Kier alpha value is -3.06. The first-order valence-corrected chi connectivity index (χ1v) is 8.97. The summed E-state index contributed by atoms with van der Waals surface area (Å²) in [5.74, 6) is 1.23. The van der Waals surface area contributed by atoms with Crippen LogP contribution in [0, 0.1) is 0 Å². The summed E-state index contributed by atoms with van der Waals surface area (Å²) in [6.07, 6.45) is 4.64. The second kappa shape index (κ2) is 9.05. The number of para-hydroxylation sites is 1. The van der Waals surface area contributed by atoms with Gasteiger partial charge in [-0.1, -0.05) is 18.2 Å². The number of hydrogen-bond acceptors (Lipinski definition) is 4. The normalized spacial score (nSPS) is 12.8. The van der Waals surface area contributed by atoms with Crippen molar-refractivity contribution in [2.24, 2.45) is 4.99 Å². The lowest BCUT2D eigenvalue weighted by Crippen LogP contribution is -2.38. The van der Waals surface area contributed by atoms with E-state index in [0.717, 1.165) is 23.8 Å². The maximum Gasteiger partial charge on any atom is 0.194 e. The Labute approximate surface area is 159 Å². The predicted molar refractivity (Wildman–Crippen MR) is 105 cm³/mol. The highest BCUT2D eigenvalue weighted by molar-refractivity contribution is 5.79. The van der Waals surface area contributed by atoms with Crippen LogP contribution in [-0.4, -0.2) is 45.9 Å². The molecule has 7 heteroatoms. The highest BCUT2D eigenvalue weighted by Gasteiger charge is 2.13. The van der Waals surface area contributed by atoms with Crippen molar-refractivity contribution in [1.29, 1.82) is 0 Å². The summed E-state index contributed by atoms with van der Waals surface area (Å²) >= 11 is 0. The van der Waals surface area contributed by atoms with Gasteiger partial charge in [0.1, 0.15) is 11.9 Å². The lowest BCUT2D eigenvalue weighted by Gasteiger charge is -2.21. The Morgan fingerprint density at radius 1 is 1.30 bits per heavy atom. The van der Waals surface area contributed by atoms with Gasteiger partial charge in [-0.2, -0.15) is 5.10 Å². The van der Waals surface area contributed by atoms with Gasteiger partial charge in [0.2, 0.25) is 0 Å². The molecule has 2 N–H and O–H groups in total. The fourth-order valence-corrected chi connectivity index (χ4v) is 2.73. The second-order valence-corrected chi connectivity index (χ2v) is 6.21. The SMILES string of the molecule is CCNC(=NCC(O)c1ccco1)N(C)Cc1cnn(-c2ccccc2)c1. The number of nitrogens with zero attached hydrogens (tertiary/aromatic N) is 4. The first-order chi connectivity index (χ1) is 13.2. The van der Waals surface area contributed by atoms with Crippen LogP contribution in [0.5, 0.6) is 0 Å². The number of nitrogens with one attached hydrogen (secondary N) is 1. The van der Waals surface area contributed by atoms with E-state index in [2.05, 4.69) is 15.4 Å². The Morgan fingerprint density at radius 2 is 2.11 bits per heavy atom. The number of guanidine groups is 1. The standard InChI is InChI=1S/C20H25N5O2/c1-3-21-20(22-13-18(26)19-10-7-11-27-19)24(2)14-16-12-23-25(15-16)17-8-5-4-6-9-17/h4-12,15,18,26H,3,13-14H2,1-2H3,(H,21,22). The van der Waals surface area contributed by atoms with Gasteiger partial charge in [-0.3, -0.25) is 0 Å². The molecule has 3 aromatic rings. The highest BCUT2D eigenvalue weighted by atomic mass is 16.4. The molecule has 0 radical (unpaired) electrons. The van der Waals surface area contributed by atoms with Crippen LogP contribution in [0.15, 0.2) is 70.5 Å². The summed E-state index contributed by atoms with van der Waals surface area (Å²) in [4.78, 5) is 6.53. The van der Waals surface area contributed by atoms with E-state index in [1.165, 1.54) is 0 Å². The lowest BCUT2D eigenvalue weighted by atomic mass is 10.3. The van der Waals surface area contributed by atoms with Crippen molar-refractivity contribution in [1.82, 2.24) is 20.0 Å². The predicted octanol–water partition coefficient (Wildman–Crippen LogP) is 2.60. The van der Waals surface area contributed by atoms with Crippen molar-refractivity contribution in [2.75, 3.05) is 20.1 Å². The van der Waals surface area contributed by atoms with E-state index in [9.17, 15) is 5.11 Å². The van der Waals surface area contributed by atoms with Crippen LogP contribution in [0.1, 0.15) is 24.4 Å². The zero-order chi connectivity index (χ0) is 19.1. The molecule has 0 fully saturated rings. The molecule has 0 amide bonds. The van der Waals surface area contributed by atoms with E-state index in [-0.39, 0.29) is 6.54 Å². The van der Waals surface area contributed by atoms with Crippen molar-refractivity contribution >= 4 is 5.96 Å². The topological polar surface area (TPSA) is 78.8 Å². The fraction of sp³-hybridized carbons (Fsp3) is 0.300. The average Bonchev–Trinajstić information content (AvgIpc) is 3.37. The van der Waals surface area contributed by atoms with Gasteiger partial charge in [0.05, 0.1) is 24.7 Å². The van der Waals surface area contributed by atoms with Crippen LogP contribution in [0.3, 0.4) is 0 Å². The average molecular weight is 367 g/mol. The Bertz CT molecular complexity index is 842. The van der Waals surface area contributed by atoms with E-state index in [1.807, 2.05) is 66.3 Å². The van der Waals surface area contributed by atoms with Gasteiger partial charge in [-0.15, -0.1) is 0 Å². The Balaban J connectivity index is 1.65. The minimum Gasteiger partial charge on any atom is -0.467 e. The summed E-state index contributed by atoms with van der Waals surface area (Å²) in [5, 5.41) is 17.8. The van der Waals surface area contributed by atoms with Gasteiger partial charge in [0.25, 0.3) is 0 Å². The number of aliphatic imine (C=N–C) groups is 1. The summed E-state index contributed by atoms with van der Waals surface area (Å²) in [5.41, 5.74) is 2.09. The molecule has 1 aromatic carbocycles. The summed E-state index contributed by atoms with van der Waals surface area (Å²) < 4.78 is 7.08. The number of aliphatic hydroxyl groups excluding tert-OH is 1. The molecule has 2 aromatic heterocycles. The summed E-state index contributed by atoms with van der Waals surface area (Å²) in [6, 6.07) is 13.5. The van der Waals surface area contributed by atoms with E-state index in [0.29, 0.717) is 12.3 Å². The number of benzene rings is 1. The molecule has 0 saturated heterocycles. The summed E-state index contributed by atoms with van der Waals surface area (Å²) in [7, 11) is 1.96. The zero-order valence-electron chi connectivity index (χ0n) is 15.6. The van der Waals surface area contributed by atoms with Gasteiger partial charge in [0, 0.05) is 31.9 Å². The van der Waals surface area contributed by atoms with Crippen LogP contribution >= 0.6 is 0 Å². The number of aliphatic hydroxyl groups is 1. The molecule has 7 nitrogen and oxygen atoms in total. The minimum absolute atomic E-state index is 0.226. The minimum atomic E-state index is -0.761. The molecular formula is C20H25N5O2. The van der Waals surface area contributed by atoms with Crippen LogP contribution < -0.4 is 5.32 Å². The molecule has 0 saturated carbocycles. The Kier molecular flexibility index (Phi) is 6.27. The van der Waals surface area contributed by atoms with Crippen LogP contribution in [0.2, 0.25) is 0 Å². The van der Waals surface area contributed by atoms with Gasteiger partial charge in [-0.25, -0.2) is 9.67 Å². The third-order valence-corrected chi connectivity index (χ3v) is 4.06. The van der Waals surface area contributed by atoms with E-state index in [4.69, 9.17) is 4.42 Å². The van der Waals surface area contributed by atoms with Crippen molar-refractivity contribution in [3.05, 3.63) is 72.4 Å². The van der Waals surface area contributed by atoms with E-state index in [1.54, 1.807) is 18.4 Å². The van der Waals surface area contributed by atoms with Crippen LogP contribution in [0.25, 0.3) is 5.69 Å². The largest absolute Gasteiger partial charge is 0.467 e. The summed E-state index contributed by atoms with van der Waals surface area (Å²) in [6.45, 7) is 3.63.